The second-order valence-corrected chi connectivity index (χ2v) is 11.6. The molecule has 0 aromatic heterocycles. The van der Waals surface area contributed by atoms with Crippen molar-refractivity contribution >= 4 is 38.9 Å². The number of halogens is 1. The molecule has 0 unspecified atom stereocenters. The fraction of sp³-hybridized carbons (Fsp3) is 0.259. The number of benzene rings is 3. The Bertz CT molecular complexity index is 1330. The molecule has 0 saturated heterocycles. The van der Waals surface area contributed by atoms with Crippen molar-refractivity contribution in [2.75, 3.05) is 10.8 Å². The molecule has 0 fully saturated rings. The number of hydrogen-bond acceptors (Lipinski definition) is 4. The molecule has 0 atom stereocenters. The smallest absolute Gasteiger partial charge is 0.264 e. The van der Waals surface area contributed by atoms with E-state index in [9.17, 15) is 13.2 Å². The highest BCUT2D eigenvalue weighted by Crippen LogP contribution is 2.29. The molecule has 0 aliphatic carbocycles. The first-order valence-electron chi connectivity index (χ1n) is 11.2. The van der Waals surface area contributed by atoms with Gasteiger partial charge in [-0.1, -0.05) is 74.8 Å². The van der Waals surface area contributed by atoms with Crippen LogP contribution in [-0.2, 0) is 20.2 Å². The highest BCUT2D eigenvalue weighted by molar-refractivity contribution is 7.92. The third kappa shape index (κ3) is 6.50. The van der Waals surface area contributed by atoms with Crippen LogP contribution in [0.5, 0.6) is 0 Å². The molecule has 0 heterocycles. The van der Waals surface area contributed by atoms with Gasteiger partial charge in [0, 0.05) is 5.02 Å². The van der Waals surface area contributed by atoms with Crippen LogP contribution in [0.4, 0.5) is 5.69 Å². The molecule has 8 heteroatoms. The summed E-state index contributed by atoms with van der Waals surface area (Å²) in [6.45, 7) is 9.51. The van der Waals surface area contributed by atoms with E-state index < -0.39 is 22.5 Å². The maximum atomic E-state index is 13.5. The highest BCUT2D eigenvalue weighted by Gasteiger charge is 2.28. The Morgan fingerprint density at radius 1 is 1.00 bits per heavy atom. The van der Waals surface area contributed by atoms with Gasteiger partial charge in [0.15, 0.2) is 0 Å². The first-order valence-corrected chi connectivity index (χ1v) is 13.0. The normalized spacial score (nSPS) is 12.3. The van der Waals surface area contributed by atoms with Gasteiger partial charge in [-0.2, -0.15) is 5.10 Å². The van der Waals surface area contributed by atoms with Gasteiger partial charge < -0.3 is 0 Å². The molecule has 184 valence electrons. The standard InChI is InChI=1S/C27H30ClN3O3S/c1-19-17-23(28)15-16-25(19)31(35(33,34)24-9-7-6-8-10-24)18-26(32)30-29-20(2)21-11-13-22(14-12-21)27(3,4)5/h6-17H,18H2,1-5H3,(H,30,32)/b29-20-. The van der Waals surface area contributed by atoms with E-state index in [1.807, 2.05) is 24.3 Å². The molecule has 0 saturated carbocycles. The molecule has 35 heavy (non-hydrogen) atoms. The van der Waals surface area contributed by atoms with E-state index in [1.165, 1.54) is 17.7 Å². The van der Waals surface area contributed by atoms with E-state index in [-0.39, 0.29) is 10.3 Å². The lowest BCUT2D eigenvalue weighted by atomic mass is 9.86. The number of anilines is 1. The number of amides is 1. The molecule has 0 aliphatic heterocycles. The van der Waals surface area contributed by atoms with Crippen molar-refractivity contribution in [1.29, 1.82) is 0 Å². The molecule has 3 rings (SSSR count). The van der Waals surface area contributed by atoms with E-state index in [4.69, 9.17) is 11.6 Å². The summed E-state index contributed by atoms with van der Waals surface area (Å²) in [4.78, 5) is 12.9. The minimum absolute atomic E-state index is 0.0330. The van der Waals surface area contributed by atoms with Gasteiger partial charge in [-0.15, -0.1) is 0 Å². The third-order valence-electron chi connectivity index (χ3n) is 5.56. The molecule has 3 aromatic carbocycles. The summed E-state index contributed by atoms with van der Waals surface area (Å²) in [6, 6.07) is 20.8. The topological polar surface area (TPSA) is 78.8 Å². The average Bonchev–Trinajstić information content (AvgIpc) is 2.81. The van der Waals surface area contributed by atoms with Crippen LogP contribution in [-0.4, -0.2) is 26.6 Å². The van der Waals surface area contributed by atoms with Gasteiger partial charge in [-0.25, -0.2) is 13.8 Å². The number of nitrogens with zero attached hydrogens (tertiary/aromatic N) is 2. The molecule has 0 aliphatic rings. The minimum Gasteiger partial charge on any atom is -0.271 e. The first kappa shape index (κ1) is 26.4. The molecular weight excluding hydrogens is 482 g/mol. The lowest BCUT2D eigenvalue weighted by Gasteiger charge is -2.25. The first-order chi connectivity index (χ1) is 16.4. The zero-order valence-corrected chi connectivity index (χ0v) is 22.1. The number of hydrogen-bond donors (Lipinski definition) is 1. The maximum absolute atomic E-state index is 13.5. The van der Waals surface area contributed by atoms with Gasteiger partial charge in [-0.05, 0) is 66.3 Å². The van der Waals surface area contributed by atoms with Gasteiger partial charge >= 0.3 is 0 Å². The van der Waals surface area contributed by atoms with Crippen molar-refractivity contribution in [1.82, 2.24) is 5.43 Å². The minimum atomic E-state index is -4.01. The summed E-state index contributed by atoms with van der Waals surface area (Å²) in [5.41, 5.74) is 6.19. The van der Waals surface area contributed by atoms with E-state index in [1.54, 1.807) is 50.2 Å². The lowest BCUT2D eigenvalue weighted by molar-refractivity contribution is -0.119. The summed E-state index contributed by atoms with van der Waals surface area (Å²) < 4.78 is 28.0. The van der Waals surface area contributed by atoms with Crippen molar-refractivity contribution in [2.24, 2.45) is 5.10 Å². The van der Waals surface area contributed by atoms with Gasteiger partial charge in [-0.3, -0.25) is 9.10 Å². The maximum Gasteiger partial charge on any atom is 0.264 e. The van der Waals surface area contributed by atoms with E-state index in [0.29, 0.717) is 22.0 Å². The molecule has 3 aromatic rings. The summed E-state index contributed by atoms with van der Waals surface area (Å²) in [6.07, 6.45) is 0. The fourth-order valence-electron chi connectivity index (χ4n) is 3.51. The predicted octanol–water partition coefficient (Wildman–Crippen LogP) is 5.68. The fourth-order valence-corrected chi connectivity index (χ4v) is 5.24. The number of sulfonamides is 1. The third-order valence-corrected chi connectivity index (χ3v) is 7.57. The van der Waals surface area contributed by atoms with E-state index >= 15 is 0 Å². The van der Waals surface area contributed by atoms with E-state index in [0.717, 1.165) is 9.87 Å². The number of aryl methyl sites for hydroxylation is 1. The van der Waals surface area contributed by atoms with Crippen LogP contribution >= 0.6 is 11.6 Å². The molecular formula is C27H30ClN3O3S. The second-order valence-electron chi connectivity index (χ2n) is 9.32. The van der Waals surface area contributed by atoms with Crippen LogP contribution in [0.2, 0.25) is 5.02 Å². The number of carbonyl (C=O) groups is 1. The molecule has 1 amide bonds. The molecule has 0 bridgehead atoms. The Kier molecular flexibility index (Phi) is 8.03. The zero-order chi connectivity index (χ0) is 25.8. The molecule has 6 nitrogen and oxygen atoms in total. The monoisotopic (exact) mass is 511 g/mol. The zero-order valence-electron chi connectivity index (χ0n) is 20.5. The quantitative estimate of drug-likeness (QED) is 0.327. The Balaban J connectivity index is 1.85. The number of rotatable bonds is 7. The summed E-state index contributed by atoms with van der Waals surface area (Å²) in [7, 11) is -4.01. The summed E-state index contributed by atoms with van der Waals surface area (Å²) >= 11 is 6.07. The Labute approximate surface area is 212 Å². The Hall–Kier alpha value is -3.16. The molecule has 0 spiro atoms. The SMILES string of the molecule is C/C(=N/NC(=O)CN(c1ccc(Cl)cc1C)S(=O)(=O)c1ccccc1)c1ccc(C(C)(C)C)cc1. The highest BCUT2D eigenvalue weighted by atomic mass is 35.5. The summed E-state index contributed by atoms with van der Waals surface area (Å²) in [5.74, 6) is -0.565. The largest absolute Gasteiger partial charge is 0.271 e. The predicted molar refractivity (Wildman–Crippen MR) is 143 cm³/mol. The second kappa shape index (κ2) is 10.6. The van der Waals surface area contributed by atoms with E-state index in [2.05, 4.69) is 31.3 Å². The molecule has 1 N–H and O–H groups in total. The molecule has 0 radical (unpaired) electrons. The number of hydrazone groups is 1. The van der Waals surface area contributed by atoms with Crippen molar-refractivity contribution in [3.8, 4) is 0 Å². The van der Waals surface area contributed by atoms with Crippen molar-refractivity contribution in [3.63, 3.8) is 0 Å². The van der Waals surface area contributed by atoms with Crippen LogP contribution in [0.15, 0.2) is 82.8 Å². The van der Waals surface area contributed by atoms with Crippen molar-refractivity contribution in [3.05, 3.63) is 94.5 Å². The van der Waals surface area contributed by atoms with Gasteiger partial charge in [0.1, 0.15) is 6.54 Å². The van der Waals surface area contributed by atoms with Crippen LogP contribution in [0.1, 0.15) is 44.4 Å². The van der Waals surface area contributed by atoms with Crippen molar-refractivity contribution < 1.29 is 13.2 Å². The van der Waals surface area contributed by atoms with Crippen molar-refractivity contribution in [2.45, 2.75) is 44.9 Å². The van der Waals surface area contributed by atoms with Crippen LogP contribution < -0.4 is 9.73 Å². The van der Waals surface area contributed by atoms with Crippen LogP contribution in [0.3, 0.4) is 0 Å². The Morgan fingerprint density at radius 3 is 2.20 bits per heavy atom. The van der Waals surface area contributed by atoms with Crippen LogP contribution in [0, 0.1) is 6.92 Å². The average molecular weight is 512 g/mol. The summed E-state index contributed by atoms with van der Waals surface area (Å²) in [5, 5.41) is 4.68. The number of nitrogens with one attached hydrogen (secondary N) is 1. The van der Waals surface area contributed by atoms with Gasteiger partial charge in [0.25, 0.3) is 15.9 Å². The Morgan fingerprint density at radius 2 is 1.63 bits per heavy atom. The lowest BCUT2D eigenvalue weighted by Crippen LogP contribution is -2.40. The van der Waals surface area contributed by atoms with Gasteiger partial charge in [0.2, 0.25) is 0 Å². The van der Waals surface area contributed by atoms with Crippen LogP contribution in [0.25, 0.3) is 0 Å². The van der Waals surface area contributed by atoms with Gasteiger partial charge in [0.05, 0.1) is 16.3 Å². The number of carbonyl (C=O) groups excluding carboxylic acids is 1.